The number of nitriles is 1. The maximum Gasteiger partial charge on any atom is 0.127 e. The summed E-state index contributed by atoms with van der Waals surface area (Å²) in [7, 11) is 1.64. The van der Waals surface area contributed by atoms with E-state index in [0.29, 0.717) is 18.7 Å². The Balaban J connectivity index is 2.68. The summed E-state index contributed by atoms with van der Waals surface area (Å²) in [5.74, 6) is 0.721. The largest absolute Gasteiger partial charge is 0.383 e. The van der Waals surface area contributed by atoms with Crippen molar-refractivity contribution < 1.29 is 4.74 Å². The first-order valence-electron chi connectivity index (χ1n) is 4.38. The van der Waals surface area contributed by atoms with Crippen molar-refractivity contribution in [3.63, 3.8) is 0 Å². The van der Waals surface area contributed by atoms with E-state index in [1.807, 2.05) is 6.92 Å². The molecule has 0 aromatic carbocycles. The lowest BCUT2D eigenvalue weighted by Crippen LogP contribution is -2.09. The first kappa shape index (κ1) is 10.5. The van der Waals surface area contributed by atoms with Crippen LogP contribution in [0.25, 0.3) is 0 Å². The van der Waals surface area contributed by atoms with E-state index in [9.17, 15) is 0 Å². The van der Waals surface area contributed by atoms with E-state index >= 15 is 0 Å². The number of rotatable bonds is 4. The van der Waals surface area contributed by atoms with Crippen LogP contribution in [0.15, 0.2) is 12.1 Å². The highest BCUT2D eigenvalue weighted by molar-refractivity contribution is 5.44. The van der Waals surface area contributed by atoms with Gasteiger partial charge in [-0.2, -0.15) is 5.26 Å². The second-order valence-electron chi connectivity index (χ2n) is 2.91. The second-order valence-corrected chi connectivity index (χ2v) is 2.91. The number of anilines is 1. The smallest absolute Gasteiger partial charge is 0.127 e. The molecule has 4 heteroatoms. The van der Waals surface area contributed by atoms with Crippen molar-refractivity contribution in [2.24, 2.45) is 0 Å². The van der Waals surface area contributed by atoms with Crippen LogP contribution in [0.1, 0.15) is 11.3 Å². The average molecular weight is 191 g/mol. The van der Waals surface area contributed by atoms with Crippen LogP contribution in [0.2, 0.25) is 0 Å². The van der Waals surface area contributed by atoms with E-state index in [4.69, 9.17) is 10.00 Å². The molecule has 0 aliphatic rings. The predicted octanol–water partition coefficient (Wildman–Crippen LogP) is 1.32. The van der Waals surface area contributed by atoms with Crippen LogP contribution < -0.4 is 5.32 Å². The van der Waals surface area contributed by atoms with Gasteiger partial charge in [-0.05, 0) is 19.1 Å². The molecule has 0 unspecified atom stereocenters. The van der Waals surface area contributed by atoms with Crippen molar-refractivity contribution in [3.8, 4) is 6.07 Å². The predicted molar refractivity (Wildman–Crippen MR) is 54.1 cm³/mol. The van der Waals surface area contributed by atoms with Gasteiger partial charge in [0.2, 0.25) is 0 Å². The van der Waals surface area contributed by atoms with E-state index < -0.39 is 0 Å². The Bertz CT molecular complexity index is 344. The zero-order valence-electron chi connectivity index (χ0n) is 8.37. The normalized spacial score (nSPS) is 9.50. The molecular formula is C10H13N3O. The van der Waals surface area contributed by atoms with E-state index in [-0.39, 0.29) is 0 Å². The Morgan fingerprint density at radius 2 is 2.36 bits per heavy atom. The number of aryl methyl sites for hydroxylation is 1. The molecule has 0 saturated carbocycles. The Hall–Kier alpha value is -1.60. The fourth-order valence-corrected chi connectivity index (χ4v) is 1.10. The van der Waals surface area contributed by atoms with Crippen molar-refractivity contribution in [1.29, 1.82) is 5.26 Å². The highest BCUT2D eigenvalue weighted by atomic mass is 16.5. The molecule has 0 aliphatic heterocycles. The first-order valence-corrected chi connectivity index (χ1v) is 4.38. The molecule has 0 spiro atoms. The van der Waals surface area contributed by atoms with Crippen LogP contribution in [-0.4, -0.2) is 25.2 Å². The molecule has 1 aromatic heterocycles. The lowest BCUT2D eigenvalue weighted by atomic mass is 10.2. The third-order valence-electron chi connectivity index (χ3n) is 1.69. The summed E-state index contributed by atoms with van der Waals surface area (Å²) in [6.45, 7) is 3.18. The van der Waals surface area contributed by atoms with Gasteiger partial charge in [-0.25, -0.2) is 4.98 Å². The van der Waals surface area contributed by atoms with Crippen molar-refractivity contribution in [3.05, 3.63) is 23.4 Å². The lowest BCUT2D eigenvalue weighted by Gasteiger charge is -2.05. The summed E-state index contributed by atoms with van der Waals surface area (Å²) in [6.07, 6.45) is 0. The molecule has 4 nitrogen and oxygen atoms in total. The minimum Gasteiger partial charge on any atom is -0.383 e. The van der Waals surface area contributed by atoms with Crippen LogP contribution in [0.4, 0.5) is 5.82 Å². The Morgan fingerprint density at radius 1 is 1.57 bits per heavy atom. The zero-order chi connectivity index (χ0) is 10.4. The Labute approximate surface area is 83.5 Å². The molecule has 1 rings (SSSR count). The summed E-state index contributed by atoms with van der Waals surface area (Å²) >= 11 is 0. The van der Waals surface area contributed by atoms with Gasteiger partial charge in [-0.3, -0.25) is 0 Å². The molecule has 1 aromatic rings. The van der Waals surface area contributed by atoms with E-state index in [0.717, 1.165) is 11.5 Å². The highest BCUT2D eigenvalue weighted by Gasteiger charge is 1.98. The van der Waals surface area contributed by atoms with Gasteiger partial charge < -0.3 is 10.1 Å². The van der Waals surface area contributed by atoms with Crippen molar-refractivity contribution in [1.82, 2.24) is 4.98 Å². The molecule has 1 heterocycles. The molecule has 14 heavy (non-hydrogen) atoms. The highest BCUT2D eigenvalue weighted by Crippen LogP contribution is 2.08. The van der Waals surface area contributed by atoms with Crippen LogP contribution in [0.3, 0.4) is 0 Å². The van der Waals surface area contributed by atoms with Gasteiger partial charge in [0, 0.05) is 19.3 Å². The quantitative estimate of drug-likeness (QED) is 0.729. The summed E-state index contributed by atoms with van der Waals surface area (Å²) < 4.78 is 4.90. The van der Waals surface area contributed by atoms with E-state index in [2.05, 4.69) is 16.4 Å². The second kappa shape index (κ2) is 5.20. The van der Waals surface area contributed by atoms with Gasteiger partial charge >= 0.3 is 0 Å². The zero-order valence-corrected chi connectivity index (χ0v) is 8.37. The van der Waals surface area contributed by atoms with E-state index in [1.54, 1.807) is 19.2 Å². The molecule has 0 fully saturated rings. The Morgan fingerprint density at radius 3 is 3.00 bits per heavy atom. The summed E-state index contributed by atoms with van der Waals surface area (Å²) in [5, 5.41) is 11.8. The molecule has 0 amide bonds. The summed E-state index contributed by atoms with van der Waals surface area (Å²) in [6, 6.07) is 5.56. The van der Waals surface area contributed by atoms with Gasteiger partial charge in [-0.15, -0.1) is 0 Å². The number of pyridine rings is 1. The molecule has 0 bridgehead atoms. The number of hydrogen-bond acceptors (Lipinski definition) is 4. The Kier molecular flexibility index (Phi) is 3.89. The minimum atomic E-state index is 0.623. The van der Waals surface area contributed by atoms with Crippen LogP contribution in [0, 0.1) is 18.3 Å². The summed E-state index contributed by atoms with van der Waals surface area (Å²) in [4.78, 5) is 4.24. The SMILES string of the molecule is COCCNc1cc(C#N)cc(C)n1. The average Bonchev–Trinajstić information content (AvgIpc) is 2.17. The van der Waals surface area contributed by atoms with Gasteiger partial charge in [0.15, 0.2) is 0 Å². The third kappa shape index (κ3) is 3.04. The molecule has 0 atom stereocenters. The summed E-state index contributed by atoms with van der Waals surface area (Å²) in [5.41, 5.74) is 1.46. The monoisotopic (exact) mass is 191 g/mol. The third-order valence-corrected chi connectivity index (χ3v) is 1.69. The van der Waals surface area contributed by atoms with Gasteiger partial charge in [0.25, 0.3) is 0 Å². The van der Waals surface area contributed by atoms with Crippen LogP contribution in [0.5, 0.6) is 0 Å². The van der Waals surface area contributed by atoms with Crippen molar-refractivity contribution in [2.45, 2.75) is 6.92 Å². The molecule has 0 saturated heterocycles. The fraction of sp³-hybridized carbons (Fsp3) is 0.400. The standard InChI is InChI=1S/C10H13N3O/c1-8-5-9(7-11)6-10(13-8)12-3-4-14-2/h5-6H,3-4H2,1-2H3,(H,12,13). The van der Waals surface area contributed by atoms with Crippen LogP contribution >= 0.6 is 0 Å². The molecule has 1 N–H and O–H groups in total. The first-order chi connectivity index (χ1) is 6.76. The maximum atomic E-state index is 8.73. The van der Waals surface area contributed by atoms with Crippen LogP contribution in [-0.2, 0) is 4.74 Å². The molecule has 74 valence electrons. The van der Waals surface area contributed by atoms with E-state index in [1.165, 1.54) is 0 Å². The van der Waals surface area contributed by atoms with Crippen molar-refractivity contribution >= 4 is 5.82 Å². The van der Waals surface area contributed by atoms with Gasteiger partial charge in [0.1, 0.15) is 5.82 Å². The van der Waals surface area contributed by atoms with Crippen molar-refractivity contribution in [2.75, 3.05) is 25.6 Å². The number of nitrogens with one attached hydrogen (secondary N) is 1. The number of methoxy groups -OCH3 is 1. The minimum absolute atomic E-state index is 0.623. The number of ether oxygens (including phenoxy) is 1. The topological polar surface area (TPSA) is 57.9 Å². The maximum absolute atomic E-state index is 8.73. The molecule has 0 radical (unpaired) electrons. The molecular weight excluding hydrogens is 178 g/mol. The number of nitrogens with zero attached hydrogens (tertiary/aromatic N) is 2. The number of aromatic nitrogens is 1. The van der Waals surface area contributed by atoms with Gasteiger partial charge in [-0.1, -0.05) is 0 Å². The van der Waals surface area contributed by atoms with Gasteiger partial charge in [0.05, 0.1) is 18.2 Å². The molecule has 0 aliphatic carbocycles. The fourth-order valence-electron chi connectivity index (χ4n) is 1.10. The number of hydrogen-bond donors (Lipinski definition) is 1. The lowest BCUT2D eigenvalue weighted by molar-refractivity contribution is 0.210.